The van der Waals surface area contributed by atoms with Crippen molar-refractivity contribution < 1.29 is 12.8 Å². The molecule has 0 radical (unpaired) electrons. The highest BCUT2D eigenvalue weighted by Crippen LogP contribution is 2.26. The third-order valence-corrected chi connectivity index (χ3v) is 4.94. The van der Waals surface area contributed by atoms with E-state index in [9.17, 15) is 8.42 Å². The summed E-state index contributed by atoms with van der Waals surface area (Å²) in [6.07, 6.45) is 2.41. The van der Waals surface area contributed by atoms with Crippen molar-refractivity contribution in [3.05, 3.63) is 17.9 Å². The lowest BCUT2D eigenvalue weighted by Crippen LogP contribution is -2.41. The van der Waals surface area contributed by atoms with Crippen LogP contribution in [0.2, 0.25) is 0 Å². The number of sulfonamides is 1. The zero-order valence-corrected chi connectivity index (χ0v) is 13.0. The maximum absolute atomic E-state index is 12.1. The average molecular weight is 301 g/mol. The second-order valence-electron chi connectivity index (χ2n) is 5.35. The molecular formula is C13H23N3O3S. The molecule has 0 saturated heterocycles. The standard InChI is InChI=1S/C13H23N3O3S/c1-10(16(3)11-4-5-11)8-15-20(17,18)13-7-6-12(19-13)9-14-2/h6-7,10-11,14-15H,4-5,8-9H2,1-3H3. The second-order valence-corrected chi connectivity index (χ2v) is 7.05. The van der Waals surface area contributed by atoms with Gasteiger partial charge in [0.25, 0.3) is 10.0 Å². The first kappa shape index (κ1) is 15.5. The maximum Gasteiger partial charge on any atom is 0.274 e. The number of furan rings is 1. The molecule has 7 heteroatoms. The Hall–Kier alpha value is -0.890. The topological polar surface area (TPSA) is 74.6 Å². The van der Waals surface area contributed by atoms with Crippen molar-refractivity contribution in [1.29, 1.82) is 0 Å². The second kappa shape index (κ2) is 6.26. The molecule has 0 aromatic carbocycles. The fourth-order valence-corrected chi connectivity index (χ4v) is 3.13. The number of hydrogen-bond donors (Lipinski definition) is 2. The molecule has 1 aromatic rings. The Kier molecular flexibility index (Phi) is 4.85. The van der Waals surface area contributed by atoms with Gasteiger partial charge in [0.05, 0.1) is 6.54 Å². The molecule has 1 unspecified atom stereocenters. The van der Waals surface area contributed by atoms with Crippen LogP contribution in [0.15, 0.2) is 21.6 Å². The zero-order chi connectivity index (χ0) is 14.8. The fourth-order valence-electron chi connectivity index (χ4n) is 2.06. The molecular weight excluding hydrogens is 278 g/mol. The molecule has 20 heavy (non-hydrogen) atoms. The predicted octanol–water partition coefficient (Wildman–Crippen LogP) is 0.760. The molecule has 2 rings (SSSR count). The first-order valence-electron chi connectivity index (χ1n) is 6.89. The van der Waals surface area contributed by atoms with E-state index < -0.39 is 10.0 Å². The van der Waals surface area contributed by atoms with Crippen molar-refractivity contribution in [2.45, 2.75) is 43.5 Å². The minimum atomic E-state index is -3.56. The van der Waals surface area contributed by atoms with Crippen molar-refractivity contribution in [2.24, 2.45) is 0 Å². The lowest BCUT2D eigenvalue weighted by Gasteiger charge is -2.24. The first-order chi connectivity index (χ1) is 9.44. The number of likely N-dealkylation sites (N-methyl/N-ethyl adjacent to an activating group) is 1. The summed E-state index contributed by atoms with van der Waals surface area (Å²) in [4.78, 5) is 2.22. The van der Waals surface area contributed by atoms with Crippen LogP contribution in [-0.2, 0) is 16.6 Å². The summed E-state index contributed by atoms with van der Waals surface area (Å²) in [5.74, 6) is 0.607. The Morgan fingerprint density at radius 3 is 2.75 bits per heavy atom. The molecule has 1 atom stereocenters. The Morgan fingerprint density at radius 2 is 2.15 bits per heavy atom. The van der Waals surface area contributed by atoms with E-state index in [1.54, 1.807) is 13.1 Å². The van der Waals surface area contributed by atoms with Crippen molar-refractivity contribution in [3.8, 4) is 0 Å². The Labute approximate surface area is 120 Å². The molecule has 1 aliphatic rings. The largest absolute Gasteiger partial charge is 0.447 e. The van der Waals surface area contributed by atoms with Gasteiger partial charge in [-0.25, -0.2) is 13.1 Å². The zero-order valence-electron chi connectivity index (χ0n) is 12.2. The lowest BCUT2D eigenvalue weighted by molar-refractivity contribution is 0.248. The van der Waals surface area contributed by atoms with E-state index in [2.05, 4.69) is 14.9 Å². The fraction of sp³-hybridized carbons (Fsp3) is 0.692. The molecule has 1 fully saturated rings. The Bertz CT molecular complexity index is 537. The van der Waals surface area contributed by atoms with E-state index in [4.69, 9.17) is 4.42 Å². The van der Waals surface area contributed by atoms with E-state index in [1.807, 2.05) is 14.0 Å². The third-order valence-electron chi connectivity index (χ3n) is 3.64. The number of hydrogen-bond acceptors (Lipinski definition) is 5. The van der Waals surface area contributed by atoms with E-state index in [0.717, 1.165) is 0 Å². The van der Waals surface area contributed by atoms with E-state index in [1.165, 1.54) is 18.9 Å². The van der Waals surface area contributed by atoms with Crippen LogP contribution in [0.25, 0.3) is 0 Å². The summed E-state index contributed by atoms with van der Waals surface area (Å²) in [5, 5.41) is 2.89. The maximum atomic E-state index is 12.1. The predicted molar refractivity (Wildman–Crippen MR) is 76.9 cm³/mol. The Balaban J connectivity index is 1.92. The summed E-state index contributed by atoms with van der Waals surface area (Å²) in [6.45, 7) is 2.92. The van der Waals surface area contributed by atoms with Gasteiger partial charge in [0, 0.05) is 18.6 Å². The summed E-state index contributed by atoms with van der Waals surface area (Å²) in [7, 11) is 0.256. The van der Waals surface area contributed by atoms with E-state index >= 15 is 0 Å². The van der Waals surface area contributed by atoms with Crippen molar-refractivity contribution in [2.75, 3.05) is 20.6 Å². The van der Waals surface area contributed by atoms with E-state index in [-0.39, 0.29) is 11.1 Å². The average Bonchev–Trinajstić information content (AvgIpc) is 3.15. The molecule has 114 valence electrons. The van der Waals surface area contributed by atoms with Crippen LogP contribution < -0.4 is 10.0 Å². The molecule has 0 amide bonds. The molecule has 0 bridgehead atoms. The summed E-state index contributed by atoms with van der Waals surface area (Å²) < 4.78 is 32.2. The summed E-state index contributed by atoms with van der Waals surface area (Å²) >= 11 is 0. The first-order valence-corrected chi connectivity index (χ1v) is 8.37. The van der Waals surface area contributed by atoms with Crippen molar-refractivity contribution in [1.82, 2.24) is 14.9 Å². The minimum absolute atomic E-state index is 0.0241. The normalized spacial score (nSPS) is 17.6. The van der Waals surface area contributed by atoms with Gasteiger partial charge in [-0.05, 0) is 46.0 Å². The highest BCUT2D eigenvalue weighted by molar-refractivity contribution is 7.89. The summed E-state index contributed by atoms with van der Waals surface area (Å²) in [6, 6.07) is 3.94. The molecule has 6 nitrogen and oxygen atoms in total. The molecule has 1 aromatic heterocycles. The molecule has 1 aliphatic carbocycles. The van der Waals surface area contributed by atoms with Gasteiger partial charge in [-0.15, -0.1) is 0 Å². The van der Waals surface area contributed by atoms with Crippen LogP contribution in [0, 0.1) is 0 Å². The van der Waals surface area contributed by atoms with Gasteiger partial charge in [0.1, 0.15) is 5.76 Å². The lowest BCUT2D eigenvalue weighted by atomic mass is 10.3. The quantitative estimate of drug-likeness (QED) is 0.741. The monoisotopic (exact) mass is 301 g/mol. The summed E-state index contributed by atoms with van der Waals surface area (Å²) in [5.41, 5.74) is 0. The number of nitrogens with one attached hydrogen (secondary N) is 2. The van der Waals surface area contributed by atoms with Crippen LogP contribution in [0.5, 0.6) is 0 Å². The smallest absolute Gasteiger partial charge is 0.274 e. The minimum Gasteiger partial charge on any atom is -0.447 e. The van der Waals surface area contributed by atoms with Gasteiger partial charge in [0.2, 0.25) is 5.09 Å². The molecule has 0 spiro atoms. The van der Waals surface area contributed by atoms with Crippen LogP contribution in [-0.4, -0.2) is 46.0 Å². The van der Waals surface area contributed by atoms with Crippen LogP contribution in [0.1, 0.15) is 25.5 Å². The van der Waals surface area contributed by atoms with E-state index in [0.29, 0.717) is 24.9 Å². The molecule has 1 saturated carbocycles. The van der Waals surface area contributed by atoms with Gasteiger partial charge < -0.3 is 9.73 Å². The van der Waals surface area contributed by atoms with Gasteiger partial charge in [-0.2, -0.15) is 0 Å². The molecule has 2 N–H and O–H groups in total. The number of rotatable bonds is 8. The third kappa shape index (κ3) is 3.82. The van der Waals surface area contributed by atoms with Gasteiger partial charge in [0.15, 0.2) is 0 Å². The van der Waals surface area contributed by atoms with Crippen molar-refractivity contribution >= 4 is 10.0 Å². The SMILES string of the molecule is CNCc1ccc(S(=O)(=O)NCC(C)N(C)C2CC2)o1. The Morgan fingerprint density at radius 1 is 1.45 bits per heavy atom. The van der Waals surface area contributed by atoms with Gasteiger partial charge >= 0.3 is 0 Å². The van der Waals surface area contributed by atoms with Crippen LogP contribution in [0.4, 0.5) is 0 Å². The van der Waals surface area contributed by atoms with Gasteiger partial charge in [-0.3, -0.25) is 4.90 Å². The molecule has 1 heterocycles. The highest BCUT2D eigenvalue weighted by atomic mass is 32.2. The van der Waals surface area contributed by atoms with Crippen LogP contribution in [0.3, 0.4) is 0 Å². The highest BCUT2D eigenvalue weighted by Gasteiger charge is 2.30. The number of nitrogens with zero attached hydrogens (tertiary/aromatic N) is 1. The van der Waals surface area contributed by atoms with Crippen molar-refractivity contribution in [3.63, 3.8) is 0 Å². The van der Waals surface area contributed by atoms with Gasteiger partial charge in [-0.1, -0.05) is 0 Å². The molecule has 0 aliphatic heterocycles. The van der Waals surface area contributed by atoms with Crippen LogP contribution >= 0.6 is 0 Å².